The van der Waals surface area contributed by atoms with Crippen LogP contribution in [0.2, 0.25) is 0 Å². The van der Waals surface area contributed by atoms with E-state index < -0.39 is 0 Å². The quantitative estimate of drug-likeness (QED) is 0.278. The molecule has 0 bridgehead atoms. The van der Waals surface area contributed by atoms with Gasteiger partial charge in [-0.05, 0) is 25.7 Å². The number of aldehydes is 1. The number of hydrogen-bond donors (Lipinski definition) is 0. The lowest BCUT2D eigenvalue weighted by atomic mass is 9.97. The lowest BCUT2D eigenvalue weighted by molar-refractivity contribution is -0.111. The van der Waals surface area contributed by atoms with E-state index in [0.29, 0.717) is 5.92 Å². The topological polar surface area (TPSA) is 17.1 Å². The number of allylic oxidation sites excluding steroid dienone is 1. The van der Waals surface area contributed by atoms with E-state index in [1.807, 2.05) is 6.08 Å². The number of carbonyl (C=O) groups excluding carboxylic acids is 1. The van der Waals surface area contributed by atoms with Gasteiger partial charge in [0.2, 0.25) is 0 Å². The molecule has 0 heterocycles. The number of unbranched alkanes of at least 4 members (excludes halogenated alkanes) is 5. The van der Waals surface area contributed by atoms with E-state index in [4.69, 9.17) is 0 Å². The molecule has 1 unspecified atom stereocenters. The van der Waals surface area contributed by atoms with Crippen molar-refractivity contribution in [3.8, 4) is 0 Å². The summed E-state index contributed by atoms with van der Waals surface area (Å²) in [5.74, 6) is 0.322. The maximum atomic E-state index is 10.7. The molecule has 0 aromatic heterocycles. The second kappa shape index (κ2) is 11.5. The highest BCUT2D eigenvalue weighted by atomic mass is 16.1. The summed E-state index contributed by atoms with van der Waals surface area (Å²) in [6, 6.07) is 0. The van der Waals surface area contributed by atoms with E-state index in [1.165, 1.54) is 32.1 Å². The number of rotatable bonds is 11. The lowest BCUT2D eigenvalue weighted by Crippen LogP contribution is -2.01. The van der Waals surface area contributed by atoms with Gasteiger partial charge in [-0.3, -0.25) is 0 Å². The molecule has 0 aromatic carbocycles. The first-order valence-corrected chi connectivity index (χ1v) is 6.41. The Morgan fingerprint density at radius 2 is 1.73 bits per heavy atom. The monoisotopic (exact) mass is 210 g/mol. The summed E-state index contributed by atoms with van der Waals surface area (Å²) in [6.45, 7) is 5.86. The van der Waals surface area contributed by atoms with Gasteiger partial charge in [0.05, 0.1) is 0 Å². The van der Waals surface area contributed by atoms with Crippen molar-refractivity contribution in [2.75, 3.05) is 0 Å². The fourth-order valence-corrected chi connectivity index (χ4v) is 1.88. The predicted octanol–water partition coefficient (Wildman–Crippen LogP) is 4.52. The minimum absolute atomic E-state index is 0.322. The van der Waals surface area contributed by atoms with Gasteiger partial charge in [0.1, 0.15) is 6.29 Å². The first-order valence-electron chi connectivity index (χ1n) is 6.41. The summed E-state index contributed by atoms with van der Waals surface area (Å²) < 4.78 is 0. The molecule has 0 radical (unpaired) electrons. The molecule has 0 saturated carbocycles. The van der Waals surface area contributed by atoms with Crippen LogP contribution in [0, 0.1) is 5.92 Å². The summed E-state index contributed by atoms with van der Waals surface area (Å²) >= 11 is 0. The van der Waals surface area contributed by atoms with Crippen LogP contribution in [0.25, 0.3) is 0 Å². The Kier molecular flexibility index (Phi) is 11.0. The Balaban J connectivity index is 3.21. The molecule has 0 spiro atoms. The van der Waals surface area contributed by atoms with Crippen molar-refractivity contribution in [3.63, 3.8) is 0 Å². The van der Waals surface area contributed by atoms with Crippen LogP contribution in [-0.2, 0) is 4.79 Å². The largest absolute Gasteiger partial charge is 0.303 e. The van der Waals surface area contributed by atoms with Gasteiger partial charge >= 0.3 is 0 Å². The van der Waals surface area contributed by atoms with Gasteiger partial charge in [-0.1, -0.05) is 45.1 Å². The summed E-state index contributed by atoms with van der Waals surface area (Å²) in [5.41, 5.74) is 0. The Bertz CT molecular complexity index is 151. The third kappa shape index (κ3) is 9.71. The van der Waals surface area contributed by atoms with Crippen LogP contribution < -0.4 is 0 Å². The highest BCUT2D eigenvalue weighted by Gasteiger charge is 2.04. The van der Waals surface area contributed by atoms with Gasteiger partial charge in [0.15, 0.2) is 0 Å². The molecule has 0 amide bonds. The van der Waals surface area contributed by atoms with Gasteiger partial charge in [0.25, 0.3) is 0 Å². The maximum absolute atomic E-state index is 10.7. The molecule has 0 aromatic rings. The molecule has 88 valence electrons. The Labute approximate surface area is 95.0 Å². The average molecular weight is 210 g/mol. The zero-order valence-electron chi connectivity index (χ0n) is 10.2. The SMILES string of the molecule is C=CCCCCCCCC(C=O)CCC. The van der Waals surface area contributed by atoms with Crippen LogP contribution in [0.1, 0.15) is 64.7 Å². The van der Waals surface area contributed by atoms with Crippen molar-refractivity contribution in [2.24, 2.45) is 5.92 Å². The van der Waals surface area contributed by atoms with E-state index in [2.05, 4.69) is 13.5 Å². The minimum Gasteiger partial charge on any atom is -0.303 e. The fraction of sp³-hybridized carbons (Fsp3) is 0.786. The molecule has 0 rings (SSSR count). The molecular weight excluding hydrogens is 184 g/mol. The van der Waals surface area contributed by atoms with Crippen molar-refractivity contribution in [1.82, 2.24) is 0 Å². The maximum Gasteiger partial charge on any atom is 0.123 e. The van der Waals surface area contributed by atoms with Crippen molar-refractivity contribution < 1.29 is 4.79 Å². The van der Waals surface area contributed by atoms with E-state index in [0.717, 1.165) is 32.0 Å². The Hall–Kier alpha value is -0.590. The van der Waals surface area contributed by atoms with Gasteiger partial charge in [-0.25, -0.2) is 0 Å². The molecule has 0 aliphatic carbocycles. The zero-order chi connectivity index (χ0) is 11.4. The van der Waals surface area contributed by atoms with Crippen LogP contribution in [0.15, 0.2) is 12.7 Å². The third-order valence-electron chi connectivity index (χ3n) is 2.84. The molecular formula is C14H26O. The van der Waals surface area contributed by atoms with Crippen LogP contribution in [-0.4, -0.2) is 6.29 Å². The first kappa shape index (κ1) is 14.4. The molecule has 1 heteroatoms. The van der Waals surface area contributed by atoms with Crippen molar-refractivity contribution in [2.45, 2.75) is 64.7 Å². The van der Waals surface area contributed by atoms with Crippen molar-refractivity contribution in [1.29, 1.82) is 0 Å². The predicted molar refractivity (Wildman–Crippen MR) is 67.0 cm³/mol. The van der Waals surface area contributed by atoms with Crippen molar-refractivity contribution >= 4 is 6.29 Å². The van der Waals surface area contributed by atoms with Gasteiger partial charge in [-0.15, -0.1) is 6.58 Å². The van der Waals surface area contributed by atoms with E-state index in [9.17, 15) is 4.79 Å². The minimum atomic E-state index is 0.322. The second-order valence-electron chi connectivity index (χ2n) is 4.32. The summed E-state index contributed by atoms with van der Waals surface area (Å²) in [6.07, 6.45) is 14.0. The Morgan fingerprint density at radius 1 is 1.07 bits per heavy atom. The molecule has 1 nitrogen and oxygen atoms in total. The molecule has 0 aliphatic rings. The lowest BCUT2D eigenvalue weighted by Gasteiger charge is -2.07. The Morgan fingerprint density at radius 3 is 2.33 bits per heavy atom. The second-order valence-corrected chi connectivity index (χ2v) is 4.32. The van der Waals surface area contributed by atoms with Gasteiger partial charge in [0, 0.05) is 5.92 Å². The molecule has 0 aliphatic heterocycles. The highest BCUT2D eigenvalue weighted by molar-refractivity contribution is 5.53. The normalized spacial score (nSPS) is 12.3. The van der Waals surface area contributed by atoms with E-state index >= 15 is 0 Å². The molecule has 15 heavy (non-hydrogen) atoms. The van der Waals surface area contributed by atoms with Gasteiger partial charge in [-0.2, -0.15) is 0 Å². The van der Waals surface area contributed by atoms with Crippen LogP contribution in [0.4, 0.5) is 0 Å². The third-order valence-corrected chi connectivity index (χ3v) is 2.84. The van der Waals surface area contributed by atoms with Crippen LogP contribution >= 0.6 is 0 Å². The summed E-state index contributed by atoms with van der Waals surface area (Å²) in [4.78, 5) is 10.7. The summed E-state index contributed by atoms with van der Waals surface area (Å²) in [7, 11) is 0. The van der Waals surface area contributed by atoms with Gasteiger partial charge < -0.3 is 4.79 Å². The highest BCUT2D eigenvalue weighted by Crippen LogP contribution is 2.14. The first-order chi connectivity index (χ1) is 7.35. The van der Waals surface area contributed by atoms with E-state index in [1.54, 1.807) is 0 Å². The number of hydrogen-bond acceptors (Lipinski definition) is 1. The number of carbonyl (C=O) groups is 1. The molecule has 0 saturated heterocycles. The smallest absolute Gasteiger partial charge is 0.123 e. The molecule has 1 atom stereocenters. The standard InChI is InChI=1S/C14H26O/c1-3-5-6-7-8-9-10-12-14(13-15)11-4-2/h3,13-14H,1,4-12H2,2H3. The fourth-order valence-electron chi connectivity index (χ4n) is 1.88. The van der Waals surface area contributed by atoms with Crippen molar-refractivity contribution in [3.05, 3.63) is 12.7 Å². The van der Waals surface area contributed by atoms with Crippen LogP contribution in [0.3, 0.4) is 0 Å². The summed E-state index contributed by atoms with van der Waals surface area (Å²) in [5, 5.41) is 0. The molecule has 0 fully saturated rings. The molecule has 0 N–H and O–H groups in total. The average Bonchev–Trinajstić information content (AvgIpc) is 2.26. The van der Waals surface area contributed by atoms with Crippen LogP contribution in [0.5, 0.6) is 0 Å². The van der Waals surface area contributed by atoms with E-state index in [-0.39, 0.29) is 0 Å². The zero-order valence-corrected chi connectivity index (χ0v) is 10.2.